The average molecular weight is 307 g/mol. The maximum Gasteiger partial charge on any atom is 0.244 e. The van der Waals surface area contributed by atoms with Gasteiger partial charge < -0.3 is 0 Å². The first kappa shape index (κ1) is 15.7. The maximum atomic E-state index is 12.5. The first-order valence-corrected chi connectivity index (χ1v) is 8.42. The first-order chi connectivity index (χ1) is 9.85. The van der Waals surface area contributed by atoms with E-state index in [0.29, 0.717) is 17.9 Å². The van der Waals surface area contributed by atoms with E-state index in [-0.39, 0.29) is 11.4 Å². The van der Waals surface area contributed by atoms with Crippen molar-refractivity contribution in [2.45, 2.75) is 45.7 Å². The number of sulfonamides is 1. The normalized spacial score (nSPS) is 11.8. The van der Waals surface area contributed by atoms with Crippen LogP contribution in [0, 0.1) is 20.8 Å². The molecular formula is C15H21N3O2S. The van der Waals surface area contributed by atoms with Crippen LogP contribution < -0.4 is 4.72 Å². The minimum Gasteiger partial charge on any atom is -0.268 e. The van der Waals surface area contributed by atoms with Gasteiger partial charge in [0.2, 0.25) is 10.0 Å². The van der Waals surface area contributed by atoms with Gasteiger partial charge in [-0.05, 0) is 33.3 Å². The summed E-state index contributed by atoms with van der Waals surface area (Å²) >= 11 is 0. The van der Waals surface area contributed by atoms with Gasteiger partial charge in [-0.3, -0.25) is 4.68 Å². The number of aromatic nitrogens is 2. The van der Waals surface area contributed by atoms with Gasteiger partial charge in [0.1, 0.15) is 4.90 Å². The Balaban J connectivity index is 2.25. The molecule has 21 heavy (non-hydrogen) atoms. The second-order valence-electron chi connectivity index (χ2n) is 5.13. The van der Waals surface area contributed by atoms with Gasteiger partial charge in [0.05, 0.1) is 11.4 Å². The molecule has 114 valence electrons. The molecule has 0 saturated heterocycles. The molecule has 0 atom stereocenters. The highest BCUT2D eigenvalue weighted by Gasteiger charge is 2.23. The van der Waals surface area contributed by atoms with Crippen LogP contribution in [0.2, 0.25) is 0 Å². The Kier molecular flexibility index (Phi) is 4.49. The second kappa shape index (κ2) is 5.99. The zero-order chi connectivity index (χ0) is 15.6. The third kappa shape index (κ3) is 3.33. The van der Waals surface area contributed by atoms with Crippen molar-refractivity contribution in [3.8, 4) is 0 Å². The predicted octanol–water partition coefficient (Wildman–Crippen LogP) is 2.31. The van der Waals surface area contributed by atoms with E-state index in [2.05, 4.69) is 9.82 Å². The smallest absolute Gasteiger partial charge is 0.244 e. The summed E-state index contributed by atoms with van der Waals surface area (Å²) in [4.78, 5) is 0.289. The lowest BCUT2D eigenvalue weighted by atomic mass is 10.1. The SMILES string of the molecule is CCn1nc(C)c(S(=O)(=O)NCc2cccc(C)c2)c1C. The van der Waals surface area contributed by atoms with Gasteiger partial charge in [0, 0.05) is 13.1 Å². The fraction of sp³-hybridized carbons (Fsp3) is 0.400. The molecule has 1 N–H and O–H groups in total. The molecule has 1 heterocycles. The van der Waals surface area contributed by atoms with Gasteiger partial charge in [0.15, 0.2) is 0 Å². The summed E-state index contributed by atoms with van der Waals surface area (Å²) in [6, 6.07) is 7.78. The Morgan fingerprint density at radius 1 is 1.24 bits per heavy atom. The Labute approximate surface area is 126 Å². The molecular weight excluding hydrogens is 286 g/mol. The highest BCUT2D eigenvalue weighted by molar-refractivity contribution is 7.89. The van der Waals surface area contributed by atoms with Crippen molar-refractivity contribution >= 4 is 10.0 Å². The van der Waals surface area contributed by atoms with E-state index in [1.54, 1.807) is 18.5 Å². The molecule has 5 nitrogen and oxygen atoms in total. The van der Waals surface area contributed by atoms with Crippen LogP contribution in [-0.2, 0) is 23.1 Å². The van der Waals surface area contributed by atoms with Crippen molar-refractivity contribution in [1.29, 1.82) is 0 Å². The van der Waals surface area contributed by atoms with Gasteiger partial charge >= 0.3 is 0 Å². The molecule has 1 aromatic heterocycles. The summed E-state index contributed by atoms with van der Waals surface area (Å²) in [7, 11) is -3.56. The van der Waals surface area contributed by atoms with Gasteiger partial charge in [-0.25, -0.2) is 13.1 Å². The number of hydrogen-bond acceptors (Lipinski definition) is 3. The lowest BCUT2D eigenvalue weighted by molar-refractivity contribution is 0.579. The van der Waals surface area contributed by atoms with Gasteiger partial charge in [-0.2, -0.15) is 5.10 Å². The van der Waals surface area contributed by atoms with E-state index in [9.17, 15) is 8.42 Å². The molecule has 0 aliphatic rings. The quantitative estimate of drug-likeness (QED) is 0.922. The third-order valence-corrected chi connectivity index (χ3v) is 5.08. The zero-order valence-corrected chi connectivity index (χ0v) is 13.7. The number of nitrogens with zero attached hydrogens (tertiary/aromatic N) is 2. The Morgan fingerprint density at radius 2 is 1.95 bits per heavy atom. The largest absolute Gasteiger partial charge is 0.268 e. The number of aryl methyl sites for hydroxylation is 3. The molecule has 6 heteroatoms. The molecule has 0 spiro atoms. The highest BCUT2D eigenvalue weighted by atomic mass is 32.2. The van der Waals surface area contributed by atoms with Gasteiger partial charge in [-0.15, -0.1) is 0 Å². The minimum absolute atomic E-state index is 0.278. The van der Waals surface area contributed by atoms with E-state index in [1.165, 1.54) is 0 Å². The maximum absolute atomic E-state index is 12.5. The average Bonchev–Trinajstić information content (AvgIpc) is 2.72. The van der Waals surface area contributed by atoms with E-state index >= 15 is 0 Å². The van der Waals surface area contributed by atoms with Crippen molar-refractivity contribution in [3.63, 3.8) is 0 Å². The molecule has 1 aromatic carbocycles. The Morgan fingerprint density at radius 3 is 2.52 bits per heavy atom. The lowest BCUT2D eigenvalue weighted by Crippen LogP contribution is -2.24. The lowest BCUT2D eigenvalue weighted by Gasteiger charge is -2.08. The number of hydrogen-bond donors (Lipinski definition) is 1. The molecule has 0 aliphatic carbocycles. The van der Waals surface area contributed by atoms with E-state index in [1.807, 2.05) is 38.1 Å². The summed E-state index contributed by atoms with van der Waals surface area (Å²) in [5.74, 6) is 0. The first-order valence-electron chi connectivity index (χ1n) is 6.94. The van der Waals surface area contributed by atoms with E-state index in [4.69, 9.17) is 0 Å². The summed E-state index contributed by atoms with van der Waals surface area (Å²) < 4.78 is 29.4. The molecule has 0 bridgehead atoms. The highest BCUT2D eigenvalue weighted by Crippen LogP contribution is 2.19. The van der Waals surface area contributed by atoms with E-state index < -0.39 is 10.0 Å². The van der Waals surface area contributed by atoms with Gasteiger partial charge in [0.25, 0.3) is 0 Å². The molecule has 0 amide bonds. The summed E-state index contributed by atoms with van der Waals surface area (Å²) in [6.07, 6.45) is 0. The molecule has 0 radical (unpaired) electrons. The fourth-order valence-electron chi connectivity index (χ4n) is 2.45. The number of benzene rings is 1. The van der Waals surface area contributed by atoms with Crippen LogP contribution in [0.3, 0.4) is 0 Å². The Bertz CT molecular complexity index is 748. The Hall–Kier alpha value is -1.66. The third-order valence-electron chi connectivity index (χ3n) is 3.43. The van der Waals surface area contributed by atoms with Crippen LogP contribution in [0.15, 0.2) is 29.2 Å². The summed E-state index contributed by atoms with van der Waals surface area (Å²) in [5.41, 5.74) is 3.26. The molecule has 0 fully saturated rings. The van der Waals surface area contributed by atoms with Crippen molar-refractivity contribution in [3.05, 3.63) is 46.8 Å². The standard InChI is InChI=1S/C15H21N3O2S/c1-5-18-13(4)15(12(3)17-18)21(19,20)16-10-14-8-6-7-11(2)9-14/h6-9,16H,5,10H2,1-4H3. The molecule has 0 unspecified atom stereocenters. The summed E-state index contributed by atoms with van der Waals surface area (Å²) in [5, 5.41) is 4.26. The van der Waals surface area contributed by atoms with Crippen LogP contribution in [0.1, 0.15) is 29.4 Å². The fourth-order valence-corrected chi connectivity index (χ4v) is 3.87. The molecule has 0 aliphatic heterocycles. The summed E-state index contributed by atoms with van der Waals surface area (Å²) in [6.45, 7) is 8.36. The zero-order valence-electron chi connectivity index (χ0n) is 12.8. The van der Waals surface area contributed by atoms with Crippen LogP contribution in [-0.4, -0.2) is 18.2 Å². The molecule has 0 saturated carbocycles. The molecule has 2 rings (SSSR count). The second-order valence-corrected chi connectivity index (χ2v) is 6.83. The number of nitrogens with one attached hydrogen (secondary N) is 1. The van der Waals surface area contributed by atoms with Crippen LogP contribution >= 0.6 is 0 Å². The molecule has 2 aromatic rings. The van der Waals surface area contributed by atoms with Gasteiger partial charge in [-0.1, -0.05) is 29.8 Å². The number of rotatable bonds is 5. The van der Waals surface area contributed by atoms with Crippen molar-refractivity contribution in [2.75, 3.05) is 0 Å². The van der Waals surface area contributed by atoms with Crippen molar-refractivity contribution in [1.82, 2.24) is 14.5 Å². The predicted molar refractivity (Wildman–Crippen MR) is 82.6 cm³/mol. The van der Waals surface area contributed by atoms with Crippen LogP contribution in [0.4, 0.5) is 0 Å². The topological polar surface area (TPSA) is 64.0 Å². The monoisotopic (exact) mass is 307 g/mol. The van der Waals surface area contributed by atoms with Crippen molar-refractivity contribution < 1.29 is 8.42 Å². The minimum atomic E-state index is -3.56. The van der Waals surface area contributed by atoms with E-state index in [0.717, 1.165) is 11.1 Å². The van der Waals surface area contributed by atoms with Crippen molar-refractivity contribution in [2.24, 2.45) is 0 Å². The van der Waals surface area contributed by atoms with Crippen LogP contribution in [0.25, 0.3) is 0 Å². The van der Waals surface area contributed by atoms with Crippen LogP contribution in [0.5, 0.6) is 0 Å².